The number of methoxy groups -OCH3 is 1. The van der Waals surface area contributed by atoms with E-state index in [2.05, 4.69) is 21.1 Å². The molecule has 1 aliphatic heterocycles. The lowest BCUT2D eigenvalue weighted by atomic mass is 10.1. The second-order valence-corrected chi connectivity index (χ2v) is 9.99. The lowest BCUT2D eigenvalue weighted by molar-refractivity contribution is -0.114. The molecule has 2 aromatic carbocycles. The fourth-order valence-corrected chi connectivity index (χ4v) is 5.39. The maximum absolute atomic E-state index is 12.9. The number of nitrogens with zero attached hydrogens (tertiary/aromatic N) is 2. The van der Waals surface area contributed by atoms with Crippen LogP contribution in [-0.4, -0.2) is 73.8 Å². The quantitative estimate of drug-likeness (QED) is 0.426. The lowest BCUT2D eigenvalue weighted by Crippen LogP contribution is -2.47. The van der Waals surface area contributed by atoms with Crippen LogP contribution >= 0.6 is 22.9 Å². The van der Waals surface area contributed by atoms with Crippen LogP contribution in [0.2, 0.25) is 5.02 Å². The number of fused-ring (bicyclic) bond motifs is 1. The molecule has 1 fully saturated rings. The van der Waals surface area contributed by atoms with Crippen LogP contribution in [0.3, 0.4) is 0 Å². The van der Waals surface area contributed by atoms with E-state index < -0.39 is 11.8 Å². The predicted octanol–water partition coefficient (Wildman–Crippen LogP) is 2.98. The highest BCUT2D eigenvalue weighted by Gasteiger charge is 2.23. The molecule has 1 saturated heterocycles. The number of carbonyl (C=O) groups excluding carboxylic acids is 4. The van der Waals surface area contributed by atoms with Crippen molar-refractivity contribution in [2.24, 2.45) is 0 Å². The Hall–Kier alpha value is -3.67. The van der Waals surface area contributed by atoms with E-state index in [4.69, 9.17) is 16.3 Å². The molecule has 1 aliphatic rings. The summed E-state index contributed by atoms with van der Waals surface area (Å²) in [7, 11) is 3.41. The SMILES string of the molecule is COc1cc(C(=O)N2CCN(C)CC2)ccc1C(=O)NNC(=O)c1sc2cc(NC(C)=O)ccc2c1Cl. The first kappa shape index (κ1) is 26.4. The molecule has 10 nitrogen and oxygen atoms in total. The molecule has 0 saturated carbocycles. The number of halogens is 1. The molecular formula is C25H26ClN5O5S. The number of benzene rings is 2. The zero-order valence-electron chi connectivity index (χ0n) is 20.5. The molecule has 0 aliphatic carbocycles. The molecule has 0 radical (unpaired) electrons. The van der Waals surface area contributed by atoms with Gasteiger partial charge in [-0.25, -0.2) is 0 Å². The van der Waals surface area contributed by atoms with Gasteiger partial charge in [-0.05, 0) is 43.4 Å². The number of carbonyl (C=O) groups is 4. The van der Waals surface area contributed by atoms with Crippen LogP contribution in [0.5, 0.6) is 5.75 Å². The van der Waals surface area contributed by atoms with Gasteiger partial charge >= 0.3 is 0 Å². The number of rotatable bonds is 5. The Bertz CT molecular complexity index is 1380. The van der Waals surface area contributed by atoms with Gasteiger partial charge in [-0.3, -0.25) is 30.0 Å². The summed E-state index contributed by atoms with van der Waals surface area (Å²) in [5.41, 5.74) is 5.89. The number of ether oxygens (including phenoxy) is 1. The van der Waals surface area contributed by atoms with Gasteiger partial charge in [-0.15, -0.1) is 11.3 Å². The van der Waals surface area contributed by atoms with Crippen LogP contribution in [0, 0.1) is 0 Å². The molecule has 3 aromatic rings. The fourth-order valence-electron chi connectivity index (χ4n) is 3.93. The second kappa shape index (κ2) is 11.2. The van der Waals surface area contributed by atoms with Gasteiger partial charge in [0.1, 0.15) is 10.6 Å². The van der Waals surface area contributed by atoms with Crippen molar-refractivity contribution in [2.75, 3.05) is 45.7 Å². The zero-order chi connectivity index (χ0) is 26.7. The normalized spacial score (nSPS) is 13.8. The summed E-state index contributed by atoms with van der Waals surface area (Å²) >= 11 is 7.53. The number of likely N-dealkylation sites (N-methyl/N-ethyl adjacent to an activating group) is 1. The smallest absolute Gasteiger partial charge is 0.281 e. The number of anilines is 1. The van der Waals surface area contributed by atoms with Crippen LogP contribution < -0.4 is 20.9 Å². The van der Waals surface area contributed by atoms with Crippen LogP contribution in [0.4, 0.5) is 5.69 Å². The van der Waals surface area contributed by atoms with E-state index in [1.165, 1.54) is 26.2 Å². The lowest BCUT2D eigenvalue weighted by Gasteiger charge is -2.32. The van der Waals surface area contributed by atoms with Crippen molar-refractivity contribution >= 4 is 62.3 Å². The standard InChI is InChI=1S/C25H26ClN5O5S/c1-14(32)27-16-5-7-18-20(13-16)37-22(21(18)26)24(34)29-28-23(33)17-6-4-15(12-19(17)36-3)25(35)31-10-8-30(2)9-11-31/h4-7,12-13H,8-11H2,1-3H3,(H,27,32)(H,28,33)(H,29,34). The first-order chi connectivity index (χ1) is 17.7. The first-order valence-electron chi connectivity index (χ1n) is 11.4. The van der Waals surface area contributed by atoms with Crippen LogP contribution in [0.25, 0.3) is 10.1 Å². The number of hydrazine groups is 1. The van der Waals surface area contributed by atoms with Crippen molar-refractivity contribution in [2.45, 2.75) is 6.92 Å². The van der Waals surface area contributed by atoms with E-state index in [0.717, 1.165) is 24.4 Å². The maximum atomic E-state index is 12.9. The van der Waals surface area contributed by atoms with Gasteiger partial charge in [-0.1, -0.05) is 11.6 Å². The van der Waals surface area contributed by atoms with Crippen molar-refractivity contribution in [3.63, 3.8) is 0 Å². The Morgan fingerprint density at radius 1 is 0.973 bits per heavy atom. The molecule has 0 atom stereocenters. The third-order valence-electron chi connectivity index (χ3n) is 5.93. The fraction of sp³-hybridized carbons (Fsp3) is 0.280. The van der Waals surface area contributed by atoms with Gasteiger partial charge in [-0.2, -0.15) is 0 Å². The highest BCUT2D eigenvalue weighted by molar-refractivity contribution is 7.21. The molecule has 1 aromatic heterocycles. The van der Waals surface area contributed by atoms with E-state index in [9.17, 15) is 19.2 Å². The van der Waals surface area contributed by atoms with Gasteiger partial charge in [0.05, 0.1) is 17.7 Å². The summed E-state index contributed by atoms with van der Waals surface area (Å²) in [6.45, 7) is 4.25. The Labute approximate surface area is 222 Å². The predicted molar refractivity (Wildman–Crippen MR) is 142 cm³/mol. The van der Waals surface area contributed by atoms with Gasteiger partial charge in [0, 0.05) is 54.4 Å². The number of piperazine rings is 1. The second-order valence-electron chi connectivity index (χ2n) is 8.56. The third kappa shape index (κ3) is 5.85. The summed E-state index contributed by atoms with van der Waals surface area (Å²) < 4.78 is 6.05. The largest absolute Gasteiger partial charge is 0.496 e. The summed E-state index contributed by atoms with van der Waals surface area (Å²) in [4.78, 5) is 53.9. The average Bonchev–Trinajstić information content (AvgIpc) is 3.21. The minimum atomic E-state index is -0.617. The zero-order valence-corrected chi connectivity index (χ0v) is 22.1. The van der Waals surface area contributed by atoms with Crippen molar-refractivity contribution in [3.8, 4) is 5.75 Å². The summed E-state index contributed by atoms with van der Waals surface area (Å²) in [6.07, 6.45) is 0. The highest BCUT2D eigenvalue weighted by atomic mass is 35.5. The Balaban J connectivity index is 1.44. The molecule has 0 spiro atoms. The number of hydrogen-bond donors (Lipinski definition) is 3. The molecule has 4 rings (SSSR count). The molecule has 3 N–H and O–H groups in total. The summed E-state index contributed by atoms with van der Waals surface area (Å²) in [5, 5.41) is 3.58. The van der Waals surface area contributed by atoms with Crippen LogP contribution in [0.1, 0.15) is 37.3 Å². The van der Waals surface area contributed by atoms with Crippen molar-refractivity contribution in [1.82, 2.24) is 20.7 Å². The molecule has 4 amide bonds. The summed E-state index contributed by atoms with van der Waals surface area (Å²) in [5.74, 6) is -1.35. The third-order valence-corrected chi connectivity index (χ3v) is 7.59. The highest BCUT2D eigenvalue weighted by Crippen LogP contribution is 2.36. The first-order valence-corrected chi connectivity index (χ1v) is 12.6. The number of amides is 4. The average molecular weight is 544 g/mol. The molecule has 0 unspecified atom stereocenters. The number of nitrogens with one attached hydrogen (secondary N) is 3. The molecule has 37 heavy (non-hydrogen) atoms. The monoisotopic (exact) mass is 543 g/mol. The molecule has 12 heteroatoms. The minimum absolute atomic E-state index is 0.132. The van der Waals surface area contributed by atoms with Crippen molar-refractivity contribution in [3.05, 3.63) is 57.4 Å². The minimum Gasteiger partial charge on any atom is -0.496 e. The van der Waals surface area contributed by atoms with Gasteiger partial charge in [0.25, 0.3) is 17.7 Å². The Morgan fingerprint density at radius 3 is 2.35 bits per heavy atom. The molecule has 0 bridgehead atoms. The molecular weight excluding hydrogens is 518 g/mol. The number of hydrogen-bond acceptors (Lipinski definition) is 7. The van der Waals surface area contributed by atoms with Crippen molar-refractivity contribution < 1.29 is 23.9 Å². The van der Waals surface area contributed by atoms with Gasteiger partial charge in [0.2, 0.25) is 5.91 Å². The van der Waals surface area contributed by atoms with E-state index in [-0.39, 0.29) is 33.0 Å². The van der Waals surface area contributed by atoms with E-state index in [1.807, 2.05) is 7.05 Å². The van der Waals surface area contributed by atoms with E-state index in [1.54, 1.807) is 29.2 Å². The Kier molecular flexibility index (Phi) is 7.96. The van der Waals surface area contributed by atoms with Gasteiger partial charge in [0.15, 0.2) is 0 Å². The van der Waals surface area contributed by atoms with E-state index in [0.29, 0.717) is 34.4 Å². The van der Waals surface area contributed by atoms with E-state index >= 15 is 0 Å². The number of thiophene rings is 1. The van der Waals surface area contributed by atoms with Gasteiger partial charge < -0.3 is 19.9 Å². The van der Waals surface area contributed by atoms with Crippen LogP contribution in [-0.2, 0) is 4.79 Å². The van der Waals surface area contributed by atoms with Crippen LogP contribution in [0.15, 0.2) is 36.4 Å². The Morgan fingerprint density at radius 2 is 1.68 bits per heavy atom. The maximum Gasteiger partial charge on any atom is 0.281 e. The van der Waals surface area contributed by atoms with Crippen molar-refractivity contribution in [1.29, 1.82) is 0 Å². The summed E-state index contributed by atoms with van der Waals surface area (Å²) in [6, 6.07) is 9.70. The molecule has 2 heterocycles. The topological polar surface area (TPSA) is 120 Å². The molecule has 194 valence electrons.